The van der Waals surface area contributed by atoms with Crippen molar-refractivity contribution in [3.63, 3.8) is 0 Å². The van der Waals surface area contributed by atoms with E-state index in [0.717, 1.165) is 22.3 Å². The van der Waals surface area contributed by atoms with Crippen molar-refractivity contribution in [1.82, 2.24) is 9.55 Å². The van der Waals surface area contributed by atoms with Crippen LogP contribution in [0.5, 0.6) is 0 Å². The van der Waals surface area contributed by atoms with Crippen molar-refractivity contribution in [3.05, 3.63) is 97.2 Å². The van der Waals surface area contributed by atoms with E-state index in [-0.39, 0.29) is 31.2 Å². The zero-order chi connectivity index (χ0) is 24.8. The first-order valence-corrected chi connectivity index (χ1v) is 11.0. The third-order valence-electron chi connectivity index (χ3n) is 5.74. The van der Waals surface area contributed by atoms with Crippen molar-refractivity contribution in [1.29, 1.82) is 0 Å². The van der Waals surface area contributed by atoms with Crippen LogP contribution in [0.15, 0.2) is 58.1 Å². The molecule has 8 nitrogen and oxygen atoms in total. The van der Waals surface area contributed by atoms with Gasteiger partial charge in [0.25, 0.3) is 11.5 Å². The van der Waals surface area contributed by atoms with Crippen LogP contribution in [0.2, 0.25) is 0 Å². The van der Waals surface area contributed by atoms with Crippen molar-refractivity contribution in [2.75, 3.05) is 30.9 Å². The van der Waals surface area contributed by atoms with Gasteiger partial charge in [0.05, 0.1) is 13.2 Å². The predicted octanol–water partition coefficient (Wildman–Crippen LogP) is 2.79. The van der Waals surface area contributed by atoms with Gasteiger partial charge >= 0.3 is 5.69 Å². The molecule has 0 aliphatic carbocycles. The van der Waals surface area contributed by atoms with Crippen molar-refractivity contribution >= 4 is 23.5 Å². The molecule has 8 heteroatoms. The molecule has 0 atom stereocenters. The second-order valence-electron chi connectivity index (χ2n) is 8.17. The molecule has 0 saturated heterocycles. The summed E-state index contributed by atoms with van der Waals surface area (Å²) in [5.74, 6) is -0.533. The lowest BCUT2D eigenvalue weighted by atomic mass is 10.0. The Balaban J connectivity index is 2.02. The van der Waals surface area contributed by atoms with E-state index in [1.807, 2.05) is 57.2 Å². The number of hydrogen-bond donors (Lipinski definition) is 2. The standard InChI is InChI=1S/C26H30N4O4/c1-17-14-19(3)21(15-18(17)2)10-11-22(31)29(12-13-34-4)23-24(27)30(26(33)28-25(23)32)16-20-8-6-5-7-9-20/h5-11,14-15H,12-13,16,27H2,1-4H3,(H,28,32,33)/b11-10+. The van der Waals surface area contributed by atoms with Crippen LogP contribution in [-0.4, -0.2) is 35.7 Å². The van der Waals surface area contributed by atoms with Crippen LogP contribution in [0, 0.1) is 20.8 Å². The maximum Gasteiger partial charge on any atom is 0.330 e. The number of rotatable bonds is 8. The third kappa shape index (κ3) is 5.52. The molecule has 3 N–H and O–H groups in total. The summed E-state index contributed by atoms with van der Waals surface area (Å²) in [7, 11) is 1.50. The molecule has 0 unspecified atom stereocenters. The molecule has 3 aromatic rings. The smallest absolute Gasteiger partial charge is 0.330 e. The van der Waals surface area contributed by atoms with E-state index >= 15 is 0 Å². The molecule has 1 heterocycles. The van der Waals surface area contributed by atoms with Crippen LogP contribution in [0.1, 0.15) is 27.8 Å². The zero-order valence-electron chi connectivity index (χ0n) is 19.9. The summed E-state index contributed by atoms with van der Waals surface area (Å²) in [4.78, 5) is 42.1. The second-order valence-corrected chi connectivity index (χ2v) is 8.17. The minimum atomic E-state index is -0.730. The first-order valence-electron chi connectivity index (χ1n) is 11.0. The summed E-state index contributed by atoms with van der Waals surface area (Å²) in [6, 6.07) is 13.3. The summed E-state index contributed by atoms with van der Waals surface area (Å²) in [5, 5.41) is 0. The van der Waals surface area contributed by atoms with Gasteiger partial charge in [-0.2, -0.15) is 0 Å². The first-order chi connectivity index (χ1) is 16.2. The van der Waals surface area contributed by atoms with Gasteiger partial charge in [-0.15, -0.1) is 0 Å². The number of carbonyl (C=O) groups is 1. The van der Waals surface area contributed by atoms with Crippen LogP contribution in [-0.2, 0) is 16.1 Å². The van der Waals surface area contributed by atoms with E-state index in [1.165, 1.54) is 28.2 Å². The summed E-state index contributed by atoms with van der Waals surface area (Å²) < 4.78 is 6.39. The Kier molecular flexibility index (Phi) is 7.86. The molecule has 0 aliphatic rings. The molecular formula is C26H30N4O4. The van der Waals surface area contributed by atoms with Gasteiger partial charge in [-0.1, -0.05) is 42.5 Å². The number of amides is 1. The summed E-state index contributed by atoms with van der Waals surface area (Å²) in [5.41, 5.74) is 9.88. The Labute approximate surface area is 198 Å². The van der Waals surface area contributed by atoms with E-state index in [1.54, 1.807) is 6.08 Å². The Bertz CT molecular complexity index is 1320. The van der Waals surface area contributed by atoms with Gasteiger partial charge in [0.1, 0.15) is 5.82 Å². The SMILES string of the molecule is COCCN(C(=O)/C=C/c1cc(C)c(C)cc1C)c1c(N)n(Cc2ccccc2)c(=O)[nH]c1=O. The fourth-order valence-corrected chi connectivity index (χ4v) is 3.69. The van der Waals surface area contributed by atoms with Crippen LogP contribution >= 0.6 is 0 Å². The summed E-state index contributed by atoms with van der Waals surface area (Å²) in [6.45, 7) is 6.43. The number of benzene rings is 2. The number of aromatic amines is 1. The molecule has 1 amide bonds. The van der Waals surface area contributed by atoms with E-state index < -0.39 is 17.2 Å². The van der Waals surface area contributed by atoms with E-state index in [2.05, 4.69) is 11.1 Å². The highest BCUT2D eigenvalue weighted by molar-refractivity contribution is 6.05. The molecule has 1 aromatic heterocycles. The minimum Gasteiger partial charge on any atom is -0.383 e. The second kappa shape index (κ2) is 10.8. The molecule has 3 rings (SSSR count). The number of H-pyrrole nitrogens is 1. The number of nitrogens with zero attached hydrogens (tertiary/aromatic N) is 2. The van der Waals surface area contributed by atoms with Gasteiger partial charge in [-0.25, -0.2) is 4.79 Å². The fraction of sp³-hybridized carbons (Fsp3) is 0.269. The number of hydrogen-bond acceptors (Lipinski definition) is 5. The predicted molar refractivity (Wildman–Crippen MR) is 135 cm³/mol. The van der Waals surface area contributed by atoms with Crippen LogP contribution in [0.25, 0.3) is 6.08 Å². The van der Waals surface area contributed by atoms with Gasteiger partial charge in [0, 0.05) is 19.7 Å². The number of nitrogens with one attached hydrogen (secondary N) is 1. The molecular weight excluding hydrogens is 432 g/mol. The minimum absolute atomic E-state index is 0.0842. The summed E-state index contributed by atoms with van der Waals surface area (Å²) in [6.07, 6.45) is 3.12. The lowest BCUT2D eigenvalue weighted by Crippen LogP contribution is -2.42. The highest BCUT2D eigenvalue weighted by atomic mass is 16.5. The van der Waals surface area contributed by atoms with Gasteiger partial charge in [-0.3, -0.25) is 24.0 Å². The number of nitrogen functional groups attached to an aromatic ring is 1. The molecule has 0 radical (unpaired) electrons. The number of anilines is 2. The molecule has 0 aliphatic heterocycles. The Morgan fingerprint density at radius 3 is 2.44 bits per heavy atom. The zero-order valence-corrected chi connectivity index (χ0v) is 19.9. The van der Waals surface area contributed by atoms with Crippen LogP contribution < -0.4 is 21.9 Å². The lowest BCUT2D eigenvalue weighted by molar-refractivity contribution is -0.114. The van der Waals surface area contributed by atoms with E-state index in [0.29, 0.717) is 0 Å². The van der Waals surface area contributed by atoms with Crippen molar-refractivity contribution in [3.8, 4) is 0 Å². The number of aryl methyl sites for hydroxylation is 3. The molecule has 0 bridgehead atoms. The average Bonchev–Trinajstić information content (AvgIpc) is 2.80. The maximum atomic E-state index is 13.2. The third-order valence-corrected chi connectivity index (χ3v) is 5.74. The fourth-order valence-electron chi connectivity index (χ4n) is 3.69. The monoisotopic (exact) mass is 462 g/mol. The van der Waals surface area contributed by atoms with Gasteiger partial charge in [-0.05, 0) is 54.7 Å². The molecule has 0 spiro atoms. The maximum absolute atomic E-state index is 13.2. The quantitative estimate of drug-likeness (QED) is 0.500. The molecule has 178 valence electrons. The normalized spacial score (nSPS) is 11.2. The summed E-state index contributed by atoms with van der Waals surface area (Å²) >= 11 is 0. The van der Waals surface area contributed by atoms with Gasteiger partial charge < -0.3 is 10.5 Å². The molecule has 34 heavy (non-hydrogen) atoms. The van der Waals surface area contributed by atoms with Crippen molar-refractivity contribution < 1.29 is 9.53 Å². The number of methoxy groups -OCH3 is 1. The topological polar surface area (TPSA) is 110 Å². The average molecular weight is 463 g/mol. The Morgan fingerprint density at radius 2 is 1.76 bits per heavy atom. The van der Waals surface area contributed by atoms with Crippen LogP contribution in [0.4, 0.5) is 11.5 Å². The lowest BCUT2D eigenvalue weighted by Gasteiger charge is -2.23. The molecule has 2 aromatic carbocycles. The van der Waals surface area contributed by atoms with Crippen LogP contribution in [0.3, 0.4) is 0 Å². The van der Waals surface area contributed by atoms with Crippen molar-refractivity contribution in [2.45, 2.75) is 27.3 Å². The molecule has 0 saturated carbocycles. The number of aromatic nitrogens is 2. The first kappa shape index (κ1) is 24.7. The van der Waals surface area contributed by atoms with Gasteiger partial charge in [0.15, 0.2) is 5.69 Å². The largest absolute Gasteiger partial charge is 0.383 e. The van der Waals surface area contributed by atoms with Crippen molar-refractivity contribution in [2.24, 2.45) is 0 Å². The number of carbonyl (C=O) groups excluding carboxylic acids is 1. The highest BCUT2D eigenvalue weighted by Crippen LogP contribution is 2.20. The molecule has 0 fully saturated rings. The van der Waals surface area contributed by atoms with E-state index in [9.17, 15) is 14.4 Å². The van der Waals surface area contributed by atoms with E-state index in [4.69, 9.17) is 10.5 Å². The Hall–Kier alpha value is -3.91. The number of nitrogens with two attached hydrogens (primary N) is 1. The Morgan fingerprint density at radius 1 is 1.09 bits per heavy atom. The van der Waals surface area contributed by atoms with Gasteiger partial charge in [0.2, 0.25) is 0 Å². The number of ether oxygens (including phenoxy) is 1. The highest BCUT2D eigenvalue weighted by Gasteiger charge is 2.23.